The molecular formula is C59H52N14O14S6. The molecule has 0 saturated carbocycles. The van der Waals surface area contributed by atoms with E-state index in [4.69, 9.17) is 20.8 Å². The molecule has 28 nitrogen and oxygen atoms in total. The van der Waals surface area contributed by atoms with E-state index < -0.39 is 114 Å². The van der Waals surface area contributed by atoms with Gasteiger partial charge in [0, 0.05) is 50.2 Å². The summed E-state index contributed by atoms with van der Waals surface area (Å²) in [5.74, 6) is -8.63. The number of aromatic hydroxyl groups is 1. The number of carbonyl (C=O) groups is 8. The van der Waals surface area contributed by atoms with Gasteiger partial charge in [0.1, 0.15) is 88.8 Å². The number of pyridine rings is 1. The summed E-state index contributed by atoms with van der Waals surface area (Å²) in [6, 6.07) is 12.0. The van der Waals surface area contributed by atoms with E-state index in [9.17, 15) is 58.8 Å². The lowest BCUT2D eigenvalue weighted by atomic mass is 9.95. The van der Waals surface area contributed by atoms with E-state index in [1.165, 1.54) is 40.4 Å². The third-order valence-electron chi connectivity index (χ3n) is 14.2. The van der Waals surface area contributed by atoms with Crippen molar-refractivity contribution in [3.05, 3.63) is 177 Å². The third kappa shape index (κ3) is 14.9. The molecule has 0 saturated heterocycles. The number of carboxylic acid groups (broad SMARTS) is 1. The number of thiazole rings is 6. The number of aliphatic hydroxyl groups excluding tert-OH is 3. The van der Waals surface area contributed by atoms with Gasteiger partial charge in [-0.05, 0) is 36.2 Å². The molecular weight excluding hydrogens is 1320 g/mol. The summed E-state index contributed by atoms with van der Waals surface area (Å²) < 4.78 is 0.489. The molecule has 0 aliphatic carbocycles. The average Bonchev–Trinajstić information content (AvgIpc) is 1.73. The highest BCUT2D eigenvalue weighted by atomic mass is 32.1. The quantitative estimate of drug-likeness (QED) is 0.0374. The number of amides is 7. The van der Waals surface area contributed by atoms with Gasteiger partial charge in [-0.3, -0.25) is 33.6 Å². The van der Waals surface area contributed by atoms with E-state index >= 15 is 5.21 Å². The van der Waals surface area contributed by atoms with Gasteiger partial charge in [0.25, 0.3) is 40.9 Å². The molecule has 93 heavy (non-hydrogen) atoms. The van der Waals surface area contributed by atoms with Crippen molar-refractivity contribution in [2.24, 2.45) is 11.7 Å². The number of carboxylic acids is 1. The molecule has 7 unspecified atom stereocenters. The Morgan fingerprint density at radius 2 is 1.31 bits per heavy atom. The van der Waals surface area contributed by atoms with Crippen LogP contribution in [0.2, 0.25) is 0 Å². The van der Waals surface area contributed by atoms with Crippen molar-refractivity contribution in [2.75, 3.05) is 6.61 Å². The van der Waals surface area contributed by atoms with E-state index in [-0.39, 0.29) is 93.3 Å². The fourth-order valence-corrected chi connectivity index (χ4v) is 14.6. The number of aryl methyl sites for hydroxylation is 1. The van der Waals surface area contributed by atoms with Gasteiger partial charge in [0.2, 0.25) is 11.8 Å². The molecule has 13 N–H and O–H groups in total. The van der Waals surface area contributed by atoms with E-state index in [0.29, 0.717) is 20.7 Å². The summed E-state index contributed by atoms with van der Waals surface area (Å²) in [4.78, 5) is 136. The van der Waals surface area contributed by atoms with E-state index in [2.05, 4.69) is 59.7 Å². The molecule has 1 aliphatic heterocycles. The van der Waals surface area contributed by atoms with Gasteiger partial charge >= 0.3 is 5.97 Å². The van der Waals surface area contributed by atoms with Gasteiger partial charge in [-0.2, -0.15) is 4.73 Å². The molecule has 34 heteroatoms. The number of aliphatic hydroxyl groups is 3. The first kappa shape index (κ1) is 66.0. The van der Waals surface area contributed by atoms with E-state index in [1.54, 1.807) is 67.1 Å². The molecule has 1 aliphatic rings. The van der Waals surface area contributed by atoms with Crippen molar-refractivity contribution in [1.82, 2.24) is 61.8 Å². The van der Waals surface area contributed by atoms with Gasteiger partial charge in [0.15, 0.2) is 5.01 Å². The number of aromatic nitrogens is 7. The van der Waals surface area contributed by atoms with Crippen molar-refractivity contribution in [3.63, 3.8) is 0 Å². The Bertz CT molecular complexity index is 4410. The van der Waals surface area contributed by atoms with Crippen LogP contribution < -0.4 is 42.4 Å². The smallest absolute Gasteiger partial charge is 0.351 e. The Morgan fingerprint density at radius 3 is 2.01 bits per heavy atom. The summed E-state index contributed by atoms with van der Waals surface area (Å²) in [6.45, 7) is 9.13. The SMILES string of the molecule is C=C(NC(=O)C(=C)NC(=O)c1csc(-c2ccc3c([n+]2[O-])-c2csc(n2)-c2csc(n2)C(C(C)C(O)CO)NC(=O)C(Cc2ccc(O)cc2)NC(=O)c2csc(n2)C(C(O)c2ccccc2)NC(=O)c2nc(sc2C)C(CC(N)=O)NC(=O)c2csc-3n2)n1)C(=O)O. The van der Waals surface area contributed by atoms with E-state index in [0.717, 1.165) is 68.0 Å². The number of fused-ring (bicyclic) bond motifs is 14. The predicted octanol–water partition coefficient (Wildman–Crippen LogP) is 4.75. The standard InChI is InChI=1S/C59H52N14O14S6/c1-24(40(76)18-74)42-57-69-38(23-92-57)54-65-34(19-89-54)45-31(14-15-39(73(45)87)56-67-35(21-90-56)49(81)61-25(2)47(79)62-26(3)59(85)86)53-66-36(20-88-53)51(83)64-33(17-41(60)77)55-72-43(27(4)93-55)52(84)71-44(46(78)29-8-6-5-7-9-29)58-68-37(22-91-58)50(82)63-32(48(80)70-42)16-28-10-12-30(75)13-11-28/h5-15,19-24,32-33,40,42,44,46,74-76,78H,2-3,16-18H2,1,4H3,(H2,60,77)(H,61,81)(H,62,79)(H,63,82)(H,64,83)(H,70,80)(H,71,84)(H,85,86). The minimum absolute atomic E-state index is 0.00120. The van der Waals surface area contributed by atoms with Crippen molar-refractivity contribution in [1.29, 1.82) is 0 Å². The molecule has 9 aromatic rings. The Balaban J connectivity index is 1.07. The highest BCUT2D eigenvalue weighted by Gasteiger charge is 2.37. The second kappa shape index (κ2) is 28.3. The van der Waals surface area contributed by atoms with Crippen LogP contribution in [0.25, 0.3) is 43.4 Å². The molecule has 0 radical (unpaired) electrons. The average molecular weight is 1370 g/mol. The Hall–Kier alpha value is -9.91. The highest BCUT2D eigenvalue weighted by Crippen LogP contribution is 2.39. The topological polar surface area (TPSA) is 440 Å². The van der Waals surface area contributed by atoms with Crippen LogP contribution in [0.4, 0.5) is 0 Å². The van der Waals surface area contributed by atoms with Crippen molar-refractivity contribution >= 4 is 115 Å². The van der Waals surface area contributed by atoms with Crippen LogP contribution in [-0.2, 0) is 25.6 Å². The van der Waals surface area contributed by atoms with Crippen LogP contribution in [0.5, 0.6) is 5.75 Å². The second-order valence-corrected chi connectivity index (χ2v) is 26.2. The first-order valence-electron chi connectivity index (χ1n) is 27.5. The Kier molecular flexibility index (Phi) is 20.1. The Labute approximate surface area is 550 Å². The number of carbonyl (C=O) groups excluding carboxylic acids is 7. The fraction of sp³-hybridized carbons (Fsp3) is 0.203. The van der Waals surface area contributed by atoms with Crippen LogP contribution in [0.1, 0.15) is 111 Å². The maximum atomic E-state index is 15.1. The van der Waals surface area contributed by atoms with Gasteiger partial charge in [-0.1, -0.05) is 62.5 Å². The number of nitrogens with two attached hydrogens (primary N) is 1. The summed E-state index contributed by atoms with van der Waals surface area (Å²) in [5.41, 5.74) is 4.77. The monoisotopic (exact) mass is 1370 g/mol. The second-order valence-electron chi connectivity index (χ2n) is 20.7. The molecule has 7 amide bonds. The largest absolute Gasteiger partial charge is 0.618 e. The molecule has 10 bridgehead atoms. The van der Waals surface area contributed by atoms with Gasteiger partial charge in [0.05, 0.1) is 42.5 Å². The molecule has 2 aromatic carbocycles. The summed E-state index contributed by atoms with van der Waals surface area (Å²) >= 11 is 5.85. The summed E-state index contributed by atoms with van der Waals surface area (Å²) in [6.07, 6.45) is -3.52. The lowest BCUT2D eigenvalue weighted by molar-refractivity contribution is -0.581. The van der Waals surface area contributed by atoms with Crippen LogP contribution in [0.3, 0.4) is 0 Å². The third-order valence-corrected chi connectivity index (χ3v) is 19.8. The zero-order valence-corrected chi connectivity index (χ0v) is 53.3. The number of nitrogens with one attached hydrogen (secondary N) is 6. The maximum Gasteiger partial charge on any atom is 0.351 e. The number of rotatable bonds is 15. The fourth-order valence-electron chi connectivity index (χ4n) is 9.30. The van der Waals surface area contributed by atoms with Crippen molar-refractivity contribution < 1.29 is 68.6 Å². The molecule has 8 heterocycles. The molecule has 0 spiro atoms. The molecule has 7 aromatic heterocycles. The Morgan fingerprint density at radius 1 is 0.688 bits per heavy atom. The summed E-state index contributed by atoms with van der Waals surface area (Å²) in [7, 11) is 0. The van der Waals surface area contributed by atoms with Crippen LogP contribution in [-0.4, -0.2) is 122 Å². The molecule has 7 atom stereocenters. The zero-order valence-electron chi connectivity index (χ0n) is 48.4. The van der Waals surface area contributed by atoms with Crippen molar-refractivity contribution in [2.45, 2.75) is 63.1 Å². The van der Waals surface area contributed by atoms with Crippen molar-refractivity contribution in [3.8, 4) is 49.1 Å². The minimum Gasteiger partial charge on any atom is -0.618 e. The van der Waals surface area contributed by atoms with Crippen LogP contribution in [0, 0.1) is 18.0 Å². The zero-order chi connectivity index (χ0) is 66.5. The molecule has 478 valence electrons. The van der Waals surface area contributed by atoms with Crippen LogP contribution >= 0.6 is 68.0 Å². The number of benzene rings is 2. The number of aliphatic carboxylic acids is 1. The first-order chi connectivity index (χ1) is 44.4. The number of nitrogens with zero attached hydrogens (tertiary/aromatic N) is 7. The van der Waals surface area contributed by atoms with Gasteiger partial charge < -0.3 is 68.4 Å². The van der Waals surface area contributed by atoms with Gasteiger partial charge in [-0.15, -0.1) is 68.0 Å². The maximum absolute atomic E-state index is 15.1. The number of primary amides is 1. The number of hydrogen-bond acceptors (Lipinski definition) is 25. The molecule has 0 fully saturated rings. The van der Waals surface area contributed by atoms with Gasteiger partial charge in [-0.25, -0.2) is 34.7 Å². The molecule has 10 rings (SSSR count). The number of hydrogen-bond donors (Lipinski definition) is 12. The predicted molar refractivity (Wildman–Crippen MR) is 342 cm³/mol. The lowest BCUT2D eigenvalue weighted by Gasteiger charge is -2.28. The lowest BCUT2D eigenvalue weighted by Crippen LogP contribution is -2.50. The normalized spacial score (nSPS) is 17.1. The summed E-state index contributed by atoms with van der Waals surface area (Å²) in [5, 5.41) is 91.1. The van der Waals surface area contributed by atoms with Crippen LogP contribution in [0.15, 0.2) is 118 Å². The highest BCUT2D eigenvalue weighted by molar-refractivity contribution is 7.15. The first-order valence-corrected chi connectivity index (χ1v) is 32.7. The minimum atomic E-state index is -1.52. The number of phenolic OH excluding ortho intramolecular Hbond substituents is 1. The number of phenols is 1. The van der Waals surface area contributed by atoms with E-state index in [1.807, 2.05) is 5.32 Å².